The van der Waals surface area contributed by atoms with Crippen LogP contribution in [0.25, 0.3) is 22.6 Å². The summed E-state index contributed by atoms with van der Waals surface area (Å²) in [5, 5.41) is 3.46. The first kappa shape index (κ1) is 23.7. The number of amides is 2. The fraction of sp³-hybridized carbons (Fsp3) is 0.333. The van der Waals surface area contributed by atoms with Gasteiger partial charge >= 0.3 is 6.09 Å². The van der Waals surface area contributed by atoms with Gasteiger partial charge in [-0.1, -0.05) is 30.3 Å². The SMILES string of the molecule is CCOC(=O)N1CCN(CC(=O)Nc2ccc3c(=O)n4c(nc3c2)C(=Cc2ccccc2)CC4)CC1. The Bertz CT molecular complexity index is 1370. The molecule has 5 rings (SSSR count). The number of carbonyl (C=O) groups is 2. The second-order valence-electron chi connectivity index (χ2n) is 8.96. The lowest BCUT2D eigenvalue weighted by atomic mass is 10.1. The van der Waals surface area contributed by atoms with Gasteiger partial charge in [0.05, 0.1) is 24.1 Å². The van der Waals surface area contributed by atoms with Crippen molar-refractivity contribution in [2.75, 3.05) is 44.6 Å². The van der Waals surface area contributed by atoms with Crippen molar-refractivity contribution in [1.82, 2.24) is 19.4 Å². The standard InChI is InChI=1S/C27H29N5O4/c1-2-36-27(35)31-14-12-30(13-15-31)18-24(33)28-21-8-9-22-23(17-21)29-25-20(10-11-32(25)26(22)34)16-19-6-4-3-5-7-19/h3-9,16-17H,2,10-15,18H2,1H3,(H,28,33). The maximum Gasteiger partial charge on any atom is 0.409 e. The second-order valence-corrected chi connectivity index (χ2v) is 8.96. The largest absolute Gasteiger partial charge is 0.450 e. The van der Waals surface area contributed by atoms with Crippen LogP contribution in [-0.4, -0.2) is 70.7 Å². The van der Waals surface area contributed by atoms with E-state index in [1.807, 2.05) is 35.2 Å². The van der Waals surface area contributed by atoms with E-state index in [9.17, 15) is 14.4 Å². The summed E-state index contributed by atoms with van der Waals surface area (Å²) in [6.45, 7) is 5.22. The number of fused-ring (bicyclic) bond motifs is 2. The van der Waals surface area contributed by atoms with Crippen LogP contribution in [0.1, 0.15) is 24.7 Å². The number of nitrogens with zero attached hydrogens (tertiary/aromatic N) is 4. The van der Waals surface area contributed by atoms with E-state index in [1.54, 1.807) is 34.6 Å². The Morgan fingerprint density at radius 2 is 1.83 bits per heavy atom. The molecule has 0 unspecified atom stereocenters. The highest BCUT2D eigenvalue weighted by Gasteiger charge is 2.24. The molecule has 1 aromatic heterocycles. The molecule has 1 saturated heterocycles. The Balaban J connectivity index is 1.29. The first-order valence-corrected chi connectivity index (χ1v) is 12.3. The van der Waals surface area contributed by atoms with Gasteiger partial charge in [0.15, 0.2) is 0 Å². The van der Waals surface area contributed by atoms with Crippen LogP contribution in [0.4, 0.5) is 10.5 Å². The molecule has 0 bridgehead atoms. The molecule has 2 aliphatic heterocycles. The number of carbonyl (C=O) groups excluding carboxylic acids is 2. The smallest absolute Gasteiger partial charge is 0.409 e. The third-order valence-electron chi connectivity index (χ3n) is 6.54. The molecule has 36 heavy (non-hydrogen) atoms. The molecule has 2 amide bonds. The predicted octanol–water partition coefficient (Wildman–Crippen LogP) is 3.05. The van der Waals surface area contributed by atoms with E-state index in [2.05, 4.69) is 11.4 Å². The average molecular weight is 488 g/mol. The third kappa shape index (κ3) is 5.01. The highest BCUT2D eigenvalue weighted by atomic mass is 16.6. The molecular formula is C27H29N5O4. The second kappa shape index (κ2) is 10.3. The molecule has 9 nitrogen and oxygen atoms in total. The highest BCUT2D eigenvalue weighted by Crippen LogP contribution is 2.28. The molecule has 0 atom stereocenters. The van der Waals surface area contributed by atoms with E-state index in [0.29, 0.717) is 61.7 Å². The summed E-state index contributed by atoms with van der Waals surface area (Å²) in [5.41, 5.74) is 3.19. The third-order valence-corrected chi connectivity index (χ3v) is 6.54. The summed E-state index contributed by atoms with van der Waals surface area (Å²) < 4.78 is 6.77. The Labute approximate surface area is 209 Å². The molecule has 0 saturated carbocycles. The van der Waals surface area contributed by atoms with Crippen molar-refractivity contribution >= 4 is 40.2 Å². The first-order valence-electron chi connectivity index (χ1n) is 12.3. The maximum absolute atomic E-state index is 13.1. The quantitative estimate of drug-likeness (QED) is 0.594. The number of rotatable bonds is 5. The number of piperazine rings is 1. The van der Waals surface area contributed by atoms with Crippen LogP contribution in [0.15, 0.2) is 53.3 Å². The number of nitrogens with one attached hydrogen (secondary N) is 1. The predicted molar refractivity (Wildman–Crippen MR) is 139 cm³/mol. The molecule has 0 spiro atoms. The fourth-order valence-corrected chi connectivity index (χ4v) is 4.69. The van der Waals surface area contributed by atoms with Crippen molar-refractivity contribution in [1.29, 1.82) is 0 Å². The van der Waals surface area contributed by atoms with Gasteiger partial charge in [-0.15, -0.1) is 0 Å². The van der Waals surface area contributed by atoms with Crippen LogP contribution in [0.3, 0.4) is 0 Å². The summed E-state index contributed by atoms with van der Waals surface area (Å²) in [5.74, 6) is 0.528. The summed E-state index contributed by atoms with van der Waals surface area (Å²) in [6.07, 6.45) is 2.51. The van der Waals surface area contributed by atoms with E-state index in [-0.39, 0.29) is 24.1 Å². The molecule has 1 N–H and O–H groups in total. The molecule has 186 valence electrons. The molecule has 9 heteroatoms. The zero-order valence-corrected chi connectivity index (χ0v) is 20.3. The van der Waals surface area contributed by atoms with Crippen molar-refractivity contribution in [2.24, 2.45) is 0 Å². The normalized spacial score (nSPS) is 16.8. The van der Waals surface area contributed by atoms with Gasteiger partial charge in [-0.3, -0.25) is 19.1 Å². The first-order chi connectivity index (χ1) is 17.5. The fourth-order valence-electron chi connectivity index (χ4n) is 4.69. The van der Waals surface area contributed by atoms with Crippen LogP contribution >= 0.6 is 0 Å². The zero-order valence-electron chi connectivity index (χ0n) is 20.3. The van der Waals surface area contributed by atoms with Gasteiger partial charge in [0.2, 0.25) is 5.91 Å². The van der Waals surface area contributed by atoms with Gasteiger partial charge in [0.1, 0.15) is 5.82 Å². The van der Waals surface area contributed by atoms with E-state index in [1.165, 1.54) is 0 Å². The van der Waals surface area contributed by atoms with Crippen molar-refractivity contribution in [3.8, 4) is 0 Å². The summed E-state index contributed by atoms with van der Waals surface area (Å²) >= 11 is 0. The number of ether oxygens (including phenoxy) is 1. The number of benzene rings is 2. The minimum atomic E-state index is -0.311. The average Bonchev–Trinajstić information content (AvgIpc) is 3.27. The molecule has 3 aromatic rings. The lowest BCUT2D eigenvalue weighted by Gasteiger charge is -2.33. The molecular weight excluding hydrogens is 458 g/mol. The Morgan fingerprint density at radius 3 is 2.58 bits per heavy atom. The molecule has 0 aliphatic carbocycles. The van der Waals surface area contributed by atoms with Crippen LogP contribution in [0, 0.1) is 0 Å². The molecule has 2 aromatic carbocycles. The van der Waals surface area contributed by atoms with E-state index in [0.717, 1.165) is 17.6 Å². The monoisotopic (exact) mass is 487 g/mol. The lowest BCUT2D eigenvalue weighted by Crippen LogP contribution is -2.50. The minimum absolute atomic E-state index is 0.0659. The number of hydrogen-bond acceptors (Lipinski definition) is 6. The summed E-state index contributed by atoms with van der Waals surface area (Å²) in [4.78, 5) is 46.1. The Hall–Kier alpha value is -3.98. The maximum atomic E-state index is 13.1. The van der Waals surface area contributed by atoms with Crippen LogP contribution in [-0.2, 0) is 16.1 Å². The van der Waals surface area contributed by atoms with Crippen LogP contribution in [0.5, 0.6) is 0 Å². The van der Waals surface area contributed by atoms with E-state index >= 15 is 0 Å². The van der Waals surface area contributed by atoms with E-state index in [4.69, 9.17) is 9.72 Å². The lowest BCUT2D eigenvalue weighted by molar-refractivity contribution is -0.117. The zero-order chi connectivity index (χ0) is 25.1. The highest BCUT2D eigenvalue weighted by molar-refractivity contribution is 5.95. The van der Waals surface area contributed by atoms with Crippen LogP contribution < -0.4 is 10.9 Å². The molecule has 3 heterocycles. The Kier molecular flexibility index (Phi) is 6.81. The van der Waals surface area contributed by atoms with Crippen LogP contribution in [0.2, 0.25) is 0 Å². The van der Waals surface area contributed by atoms with Gasteiger partial charge in [-0.25, -0.2) is 9.78 Å². The minimum Gasteiger partial charge on any atom is -0.450 e. The topological polar surface area (TPSA) is 96.8 Å². The van der Waals surface area contributed by atoms with Gasteiger partial charge in [0, 0.05) is 38.4 Å². The van der Waals surface area contributed by atoms with Crippen molar-refractivity contribution in [2.45, 2.75) is 19.9 Å². The number of hydrogen-bond donors (Lipinski definition) is 1. The van der Waals surface area contributed by atoms with Gasteiger partial charge in [-0.2, -0.15) is 0 Å². The van der Waals surface area contributed by atoms with E-state index < -0.39 is 0 Å². The van der Waals surface area contributed by atoms with Gasteiger partial charge in [-0.05, 0) is 48.8 Å². The van der Waals surface area contributed by atoms with Gasteiger partial charge in [0.25, 0.3) is 5.56 Å². The van der Waals surface area contributed by atoms with Crippen molar-refractivity contribution in [3.05, 3.63) is 70.3 Å². The van der Waals surface area contributed by atoms with Gasteiger partial charge < -0.3 is 15.0 Å². The number of allylic oxidation sites excluding steroid dienone is 1. The van der Waals surface area contributed by atoms with Crippen molar-refractivity contribution in [3.63, 3.8) is 0 Å². The summed E-state index contributed by atoms with van der Waals surface area (Å²) in [6, 6.07) is 15.2. The molecule has 0 radical (unpaired) electrons. The number of anilines is 1. The van der Waals surface area contributed by atoms with Crippen molar-refractivity contribution < 1.29 is 14.3 Å². The molecule has 2 aliphatic rings. The number of aromatic nitrogens is 2. The summed E-state index contributed by atoms with van der Waals surface area (Å²) in [7, 11) is 0. The Morgan fingerprint density at radius 1 is 1.06 bits per heavy atom. The molecule has 1 fully saturated rings.